The lowest BCUT2D eigenvalue weighted by Crippen LogP contribution is -2.44. The van der Waals surface area contributed by atoms with Crippen LogP contribution in [-0.4, -0.2) is 36.6 Å². The van der Waals surface area contributed by atoms with E-state index in [-0.39, 0.29) is 23.7 Å². The molecule has 0 aliphatic carbocycles. The number of hydrogen-bond donors (Lipinski definition) is 1. The van der Waals surface area contributed by atoms with E-state index in [4.69, 9.17) is 4.74 Å². The zero-order valence-corrected chi connectivity index (χ0v) is 12.0. The highest BCUT2D eigenvalue weighted by atomic mass is 19.1. The van der Waals surface area contributed by atoms with E-state index in [1.807, 2.05) is 0 Å². The number of hydrogen-bond acceptors (Lipinski definition) is 3. The first-order valence-electron chi connectivity index (χ1n) is 7.08. The lowest BCUT2D eigenvalue weighted by Gasteiger charge is -2.31. The van der Waals surface area contributed by atoms with Crippen molar-refractivity contribution in [3.63, 3.8) is 0 Å². The van der Waals surface area contributed by atoms with Crippen molar-refractivity contribution < 1.29 is 18.7 Å². The van der Waals surface area contributed by atoms with Gasteiger partial charge in [-0.05, 0) is 44.0 Å². The number of carbonyl (C=O) groups excluding carboxylic acids is 2. The number of nitrogens with zero attached hydrogens (tertiary/aromatic N) is 1. The topological polar surface area (TPSA) is 58.6 Å². The van der Waals surface area contributed by atoms with Crippen molar-refractivity contribution in [2.75, 3.05) is 25.0 Å². The average Bonchev–Trinajstić information content (AvgIpc) is 2.50. The first kappa shape index (κ1) is 15.3. The molecule has 1 aliphatic heterocycles. The Bertz CT molecular complexity index is 504. The number of rotatable bonds is 3. The van der Waals surface area contributed by atoms with Crippen molar-refractivity contribution in [3.05, 3.63) is 30.1 Å². The number of halogens is 1. The monoisotopic (exact) mass is 294 g/mol. The first-order chi connectivity index (χ1) is 10.1. The third-order valence-corrected chi connectivity index (χ3v) is 3.42. The van der Waals surface area contributed by atoms with Gasteiger partial charge in [-0.1, -0.05) is 0 Å². The van der Waals surface area contributed by atoms with Crippen LogP contribution in [-0.2, 0) is 9.53 Å². The van der Waals surface area contributed by atoms with E-state index in [1.54, 1.807) is 11.8 Å². The maximum atomic E-state index is 12.8. The lowest BCUT2D eigenvalue weighted by molar-refractivity contribution is -0.149. The van der Waals surface area contributed by atoms with Gasteiger partial charge < -0.3 is 15.0 Å². The molecule has 6 heteroatoms. The summed E-state index contributed by atoms with van der Waals surface area (Å²) in [5, 5.41) is 2.70. The van der Waals surface area contributed by atoms with Crippen LogP contribution in [0.4, 0.5) is 14.9 Å². The van der Waals surface area contributed by atoms with Crippen molar-refractivity contribution in [2.24, 2.45) is 5.92 Å². The molecule has 2 amide bonds. The molecule has 21 heavy (non-hydrogen) atoms. The summed E-state index contributed by atoms with van der Waals surface area (Å²) in [6.45, 7) is 3.06. The first-order valence-corrected chi connectivity index (χ1v) is 7.08. The smallest absolute Gasteiger partial charge is 0.321 e. The van der Waals surface area contributed by atoms with Crippen molar-refractivity contribution in [2.45, 2.75) is 19.8 Å². The molecule has 1 fully saturated rings. The van der Waals surface area contributed by atoms with Crippen LogP contribution in [0, 0.1) is 11.7 Å². The zero-order valence-electron chi connectivity index (χ0n) is 12.0. The van der Waals surface area contributed by atoms with Crippen molar-refractivity contribution in [1.29, 1.82) is 0 Å². The van der Waals surface area contributed by atoms with Crippen LogP contribution in [0.25, 0.3) is 0 Å². The van der Waals surface area contributed by atoms with Crippen LogP contribution >= 0.6 is 0 Å². The Hall–Kier alpha value is -2.11. The number of esters is 1. The summed E-state index contributed by atoms with van der Waals surface area (Å²) in [6.07, 6.45) is 1.50. The quantitative estimate of drug-likeness (QED) is 0.872. The minimum absolute atomic E-state index is 0.253. The lowest BCUT2D eigenvalue weighted by atomic mass is 9.98. The Morgan fingerprint density at radius 3 is 2.76 bits per heavy atom. The van der Waals surface area contributed by atoms with E-state index < -0.39 is 0 Å². The van der Waals surface area contributed by atoms with Gasteiger partial charge in [0, 0.05) is 18.8 Å². The summed E-state index contributed by atoms with van der Waals surface area (Å²) >= 11 is 0. The predicted octanol–water partition coefficient (Wildman–Crippen LogP) is 2.63. The van der Waals surface area contributed by atoms with Gasteiger partial charge in [0.15, 0.2) is 0 Å². The molecule has 0 bridgehead atoms. The SMILES string of the molecule is CCOC(=O)[C@H]1CCCN(C(=O)Nc2ccc(F)cc2)C1. The number of piperidine rings is 1. The maximum absolute atomic E-state index is 12.8. The molecule has 0 spiro atoms. The van der Waals surface area contributed by atoms with E-state index in [0.717, 1.165) is 12.8 Å². The fourth-order valence-corrected chi connectivity index (χ4v) is 2.35. The number of benzene rings is 1. The highest BCUT2D eigenvalue weighted by molar-refractivity contribution is 5.89. The second-order valence-corrected chi connectivity index (χ2v) is 4.97. The molecule has 0 saturated carbocycles. The molecule has 1 aliphatic rings. The van der Waals surface area contributed by atoms with Gasteiger partial charge in [0.05, 0.1) is 12.5 Å². The van der Waals surface area contributed by atoms with E-state index >= 15 is 0 Å². The van der Waals surface area contributed by atoms with Gasteiger partial charge in [-0.15, -0.1) is 0 Å². The van der Waals surface area contributed by atoms with E-state index in [0.29, 0.717) is 25.4 Å². The largest absolute Gasteiger partial charge is 0.466 e. The van der Waals surface area contributed by atoms with Gasteiger partial charge in [-0.2, -0.15) is 0 Å². The van der Waals surface area contributed by atoms with Gasteiger partial charge >= 0.3 is 12.0 Å². The third-order valence-electron chi connectivity index (χ3n) is 3.42. The fraction of sp³-hybridized carbons (Fsp3) is 0.467. The normalized spacial score (nSPS) is 18.2. The Balaban J connectivity index is 1.92. The highest BCUT2D eigenvalue weighted by Crippen LogP contribution is 2.19. The second kappa shape index (κ2) is 7.06. The van der Waals surface area contributed by atoms with Crippen molar-refractivity contribution in [1.82, 2.24) is 4.90 Å². The van der Waals surface area contributed by atoms with Crippen LogP contribution in [0.1, 0.15) is 19.8 Å². The van der Waals surface area contributed by atoms with Crippen LogP contribution in [0.5, 0.6) is 0 Å². The predicted molar refractivity (Wildman–Crippen MR) is 76.3 cm³/mol. The van der Waals surface area contributed by atoms with Gasteiger partial charge in [0.1, 0.15) is 5.82 Å². The molecule has 114 valence electrons. The van der Waals surface area contributed by atoms with E-state index in [9.17, 15) is 14.0 Å². The minimum atomic E-state index is -0.353. The number of anilines is 1. The summed E-state index contributed by atoms with van der Waals surface area (Å²) in [5.41, 5.74) is 0.527. The van der Waals surface area contributed by atoms with Gasteiger partial charge in [0.2, 0.25) is 0 Å². The zero-order chi connectivity index (χ0) is 15.2. The maximum Gasteiger partial charge on any atom is 0.321 e. The summed E-state index contributed by atoms with van der Waals surface area (Å²) in [6, 6.07) is 5.29. The fourth-order valence-electron chi connectivity index (χ4n) is 2.35. The number of carbonyl (C=O) groups is 2. The molecular formula is C15H19FN2O3. The van der Waals surface area contributed by atoms with Crippen LogP contribution in [0.15, 0.2) is 24.3 Å². The minimum Gasteiger partial charge on any atom is -0.466 e. The molecule has 1 heterocycles. The highest BCUT2D eigenvalue weighted by Gasteiger charge is 2.29. The van der Waals surface area contributed by atoms with Crippen molar-refractivity contribution in [3.8, 4) is 0 Å². The number of urea groups is 1. The molecule has 2 rings (SSSR count). The Kier molecular flexibility index (Phi) is 5.14. The summed E-state index contributed by atoms with van der Waals surface area (Å²) < 4.78 is 17.8. The second-order valence-electron chi connectivity index (χ2n) is 4.97. The van der Waals surface area contributed by atoms with Crippen LogP contribution in [0.3, 0.4) is 0 Å². The summed E-state index contributed by atoms with van der Waals surface area (Å²) in [7, 11) is 0. The van der Waals surface area contributed by atoms with Crippen molar-refractivity contribution >= 4 is 17.7 Å². The molecule has 1 aromatic rings. The van der Waals surface area contributed by atoms with Crippen LogP contribution in [0.2, 0.25) is 0 Å². The molecule has 0 radical (unpaired) electrons. The number of ether oxygens (including phenoxy) is 1. The molecule has 1 atom stereocenters. The van der Waals surface area contributed by atoms with Gasteiger partial charge in [0.25, 0.3) is 0 Å². The number of amides is 2. The number of likely N-dealkylation sites (tertiary alicyclic amines) is 1. The Labute approximate surface area is 123 Å². The third kappa shape index (κ3) is 4.18. The Morgan fingerprint density at radius 2 is 2.10 bits per heavy atom. The molecule has 0 unspecified atom stereocenters. The van der Waals surface area contributed by atoms with Gasteiger partial charge in [-0.3, -0.25) is 4.79 Å². The van der Waals surface area contributed by atoms with Crippen LogP contribution < -0.4 is 5.32 Å². The number of nitrogens with one attached hydrogen (secondary N) is 1. The van der Waals surface area contributed by atoms with E-state index in [2.05, 4.69) is 5.32 Å². The van der Waals surface area contributed by atoms with E-state index in [1.165, 1.54) is 24.3 Å². The molecule has 0 aromatic heterocycles. The molecular weight excluding hydrogens is 275 g/mol. The standard InChI is InChI=1S/C15H19FN2O3/c1-2-21-14(19)11-4-3-9-18(10-11)15(20)17-13-7-5-12(16)6-8-13/h5-8,11H,2-4,9-10H2,1H3,(H,17,20)/t11-/m0/s1. The molecule has 1 aromatic carbocycles. The molecule has 1 N–H and O–H groups in total. The molecule has 1 saturated heterocycles. The molecule has 5 nitrogen and oxygen atoms in total. The Morgan fingerprint density at radius 1 is 1.38 bits per heavy atom. The average molecular weight is 294 g/mol. The summed E-state index contributed by atoms with van der Waals surface area (Å²) in [5.74, 6) is -0.872. The van der Waals surface area contributed by atoms with Gasteiger partial charge in [-0.25, -0.2) is 9.18 Å². The summed E-state index contributed by atoms with van der Waals surface area (Å²) in [4.78, 5) is 25.5.